The Morgan fingerprint density at radius 1 is 1.10 bits per heavy atom. The fourth-order valence-corrected chi connectivity index (χ4v) is 3.39. The molecule has 1 N–H and O–H groups in total. The van der Waals surface area contributed by atoms with Crippen molar-refractivity contribution in [2.75, 3.05) is 0 Å². The van der Waals surface area contributed by atoms with E-state index in [1.165, 1.54) is 44.9 Å². The van der Waals surface area contributed by atoms with E-state index in [1.54, 1.807) is 0 Å². The second-order valence-corrected chi connectivity index (χ2v) is 6.27. The van der Waals surface area contributed by atoms with Gasteiger partial charge in [-0.1, -0.05) is 56.5 Å². The molecule has 1 fully saturated rings. The molecule has 21 heavy (non-hydrogen) atoms. The molecule has 1 aliphatic rings. The molecule has 1 aromatic heterocycles. The average molecular weight is 283 g/mol. The van der Waals surface area contributed by atoms with E-state index in [9.17, 15) is 0 Å². The fourth-order valence-electron chi connectivity index (χ4n) is 3.39. The van der Waals surface area contributed by atoms with E-state index >= 15 is 0 Å². The van der Waals surface area contributed by atoms with Crippen LogP contribution in [0.15, 0.2) is 30.3 Å². The van der Waals surface area contributed by atoms with Crippen molar-refractivity contribution in [1.82, 2.24) is 15.2 Å². The number of nitrogens with zero attached hydrogens (tertiary/aromatic N) is 2. The van der Waals surface area contributed by atoms with Crippen molar-refractivity contribution in [2.24, 2.45) is 5.92 Å². The van der Waals surface area contributed by atoms with Gasteiger partial charge in [0.15, 0.2) is 5.82 Å². The first kappa shape index (κ1) is 14.3. The molecule has 112 valence electrons. The van der Waals surface area contributed by atoms with Gasteiger partial charge in [0, 0.05) is 11.5 Å². The van der Waals surface area contributed by atoms with Crippen LogP contribution in [-0.4, -0.2) is 15.2 Å². The Bertz CT molecular complexity index is 539. The van der Waals surface area contributed by atoms with Crippen molar-refractivity contribution >= 4 is 0 Å². The number of unbranched alkanes of at least 4 members (excludes halogenated alkanes) is 1. The van der Waals surface area contributed by atoms with Gasteiger partial charge in [-0.25, -0.2) is 4.98 Å². The smallest absolute Gasteiger partial charge is 0.181 e. The molecule has 0 radical (unpaired) electrons. The van der Waals surface area contributed by atoms with Gasteiger partial charge in [-0.05, 0) is 31.6 Å². The largest absolute Gasteiger partial charge is 0.262 e. The minimum absolute atomic E-state index is 0.577. The molecule has 2 aromatic rings. The molecule has 0 bridgehead atoms. The zero-order valence-electron chi connectivity index (χ0n) is 12.9. The Labute approximate surface area is 127 Å². The van der Waals surface area contributed by atoms with Crippen molar-refractivity contribution in [3.05, 3.63) is 36.2 Å². The summed E-state index contributed by atoms with van der Waals surface area (Å²) >= 11 is 0. The highest BCUT2D eigenvalue weighted by atomic mass is 15.2. The van der Waals surface area contributed by atoms with Crippen LogP contribution in [-0.2, 0) is 0 Å². The molecule has 3 rings (SSSR count). The SMILES string of the molecule is CCCCC1CCC(c2nc(-c3ccccc3)n[nH]2)CC1. The zero-order valence-corrected chi connectivity index (χ0v) is 12.9. The first-order valence-corrected chi connectivity index (χ1v) is 8.34. The maximum atomic E-state index is 4.72. The molecule has 3 heteroatoms. The molecule has 1 saturated carbocycles. The van der Waals surface area contributed by atoms with Crippen molar-refractivity contribution in [1.29, 1.82) is 0 Å². The number of aromatic amines is 1. The minimum Gasteiger partial charge on any atom is -0.262 e. The highest BCUT2D eigenvalue weighted by Gasteiger charge is 2.24. The van der Waals surface area contributed by atoms with Gasteiger partial charge in [-0.3, -0.25) is 5.10 Å². The van der Waals surface area contributed by atoms with Crippen LogP contribution in [0.5, 0.6) is 0 Å². The Morgan fingerprint density at radius 2 is 1.86 bits per heavy atom. The standard InChI is InChI=1S/C18H25N3/c1-2-3-7-14-10-12-16(13-11-14)18-19-17(20-21-18)15-8-5-4-6-9-15/h4-6,8-9,14,16H,2-3,7,10-13H2,1H3,(H,19,20,21). The predicted molar refractivity (Wildman–Crippen MR) is 86.0 cm³/mol. The third kappa shape index (κ3) is 3.52. The van der Waals surface area contributed by atoms with E-state index < -0.39 is 0 Å². The first-order valence-electron chi connectivity index (χ1n) is 8.34. The van der Waals surface area contributed by atoms with Gasteiger partial charge in [0.05, 0.1) is 0 Å². The molecule has 0 amide bonds. The van der Waals surface area contributed by atoms with E-state index in [2.05, 4.69) is 29.3 Å². The summed E-state index contributed by atoms with van der Waals surface area (Å²) in [5.74, 6) is 3.44. The summed E-state index contributed by atoms with van der Waals surface area (Å²) in [6.07, 6.45) is 9.35. The number of hydrogen-bond donors (Lipinski definition) is 1. The van der Waals surface area contributed by atoms with Crippen LogP contribution in [0.25, 0.3) is 11.4 Å². The lowest BCUT2D eigenvalue weighted by molar-refractivity contribution is 0.299. The Hall–Kier alpha value is -1.64. The van der Waals surface area contributed by atoms with Gasteiger partial charge in [-0.2, -0.15) is 5.10 Å². The van der Waals surface area contributed by atoms with E-state index in [1.807, 2.05) is 18.2 Å². The summed E-state index contributed by atoms with van der Waals surface area (Å²) in [5.41, 5.74) is 1.09. The number of nitrogens with one attached hydrogen (secondary N) is 1. The minimum atomic E-state index is 0.577. The van der Waals surface area contributed by atoms with Crippen molar-refractivity contribution in [3.63, 3.8) is 0 Å². The summed E-state index contributed by atoms with van der Waals surface area (Å²) in [6, 6.07) is 10.2. The zero-order chi connectivity index (χ0) is 14.5. The molecular weight excluding hydrogens is 258 g/mol. The Morgan fingerprint density at radius 3 is 2.57 bits per heavy atom. The van der Waals surface area contributed by atoms with E-state index in [0.717, 1.165) is 23.1 Å². The highest BCUT2D eigenvalue weighted by molar-refractivity contribution is 5.53. The fraction of sp³-hybridized carbons (Fsp3) is 0.556. The lowest BCUT2D eigenvalue weighted by Gasteiger charge is -2.27. The van der Waals surface area contributed by atoms with E-state index in [0.29, 0.717) is 5.92 Å². The summed E-state index contributed by atoms with van der Waals surface area (Å²) in [6.45, 7) is 2.28. The number of hydrogen-bond acceptors (Lipinski definition) is 2. The maximum Gasteiger partial charge on any atom is 0.181 e. The van der Waals surface area contributed by atoms with Crippen LogP contribution in [0.4, 0.5) is 0 Å². The van der Waals surface area contributed by atoms with Crippen LogP contribution in [0.3, 0.4) is 0 Å². The number of benzene rings is 1. The second kappa shape index (κ2) is 6.88. The van der Waals surface area contributed by atoms with Crippen molar-refractivity contribution in [2.45, 2.75) is 57.8 Å². The molecule has 3 nitrogen and oxygen atoms in total. The van der Waals surface area contributed by atoms with Gasteiger partial charge >= 0.3 is 0 Å². The normalized spacial score (nSPS) is 22.3. The first-order chi connectivity index (χ1) is 10.4. The van der Waals surface area contributed by atoms with Crippen LogP contribution >= 0.6 is 0 Å². The lowest BCUT2D eigenvalue weighted by Crippen LogP contribution is -2.14. The molecular formula is C18H25N3. The van der Waals surface area contributed by atoms with Crippen LogP contribution < -0.4 is 0 Å². The number of H-pyrrole nitrogens is 1. The summed E-state index contributed by atoms with van der Waals surface area (Å²) in [7, 11) is 0. The quantitative estimate of drug-likeness (QED) is 0.844. The molecule has 0 unspecified atom stereocenters. The maximum absolute atomic E-state index is 4.72. The molecule has 0 aliphatic heterocycles. The number of aromatic nitrogens is 3. The average Bonchev–Trinajstić information content (AvgIpc) is 3.04. The summed E-state index contributed by atoms with van der Waals surface area (Å²) in [5, 5.41) is 7.56. The van der Waals surface area contributed by atoms with Gasteiger partial charge in [0.25, 0.3) is 0 Å². The van der Waals surface area contributed by atoms with Crippen LogP contribution in [0.2, 0.25) is 0 Å². The predicted octanol–water partition coefficient (Wildman–Crippen LogP) is 4.94. The van der Waals surface area contributed by atoms with Crippen LogP contribution in [0, 0.1) is 5.92 Å². The summed E-state index contributed by atoms with van der Waals surface area (Å²) in [4.78, 5) is 4.72. The van der Waals surface area contributed by atoms with E-state index in [-0.39, 0.29) is 0 Å². The second-order valence-electron chi connectivity index (χ2n) is 6.27. The van der Waals surface area contributed by atoms with Gasteiger partial charge in [0.2, 0.25) is 0 Å². The third-order valence-corrected chi connectivity index (χ3v) is 4.73. The third-order valence-electron chi connectivity index (χ3n) is 4.73. The lowest BCUT2D eigenvalue weighted by atomic mass is 9.79. The van der Waals surface area contributed by atoms with Crippen LogP contribution in [0.1, 0.15) is 63.6 Å². The van der Waals surface area contributed by atoms with Gasteiger partial charge in [0.1, 0.15) is 5.82 Å². The highest BCUT2D eigenvalue weighted by Crippen LogP contribution is 2.36. The van der Waals surface area contributed by atoms with Gasteiger partial charge in [-0.15, -0.1) is 0 Å². The topological polar surface area (TPSA) is 41.6 Å². The summed E-state index contributed by atoms with van der Waals surface area (Å²) < 4.78 is 0. The molecule has 0 spiro atoms. The molecule has 1 heterocycles. The Kier molecular flexibility index (Phi) is 4.69. The van der Waals surface area contributed by atoms with Crippen molar-refractivity contribution < 1.29 is 0 Å². The van der Waals surface area contributed by atoms with Crippen molar-refractivity contribution in [3.8, 4) is 11.4 Å². The van der Waals surface area contributed by atoms with E-state index in [4.69, 9.17) is 4.98 Å². The Balaban J connectivity index is 1.60. The molecule has 1 aromatic carbocycles. The molecule has 1 aliphatic carbocycles. The molecule has 0 saturated heterocycles. The molecule has 0 atom stereocenters. The number of rotatable bonds is 5. The van der Waals surface area contributed by atoms with Gasteiger partial charge < -0.3 is 0 Å². The monoisotopic (exact) mass is 283 g/mol.